The first-order chi connectivity index (χ1) is 12.7. The first kappa shape index (κ1) is 16.2. The summed E-state index contributed by atoms with van der Waals surface area (Å²) >= 11 is 0. The molecular formula is C18H19N7O. The van der Waals surface area contributed by atoms with E-state index < -0.39 is 0 Å². The fourth-order valence-corrected chi connectivity index (χ4v) is 3.05. The molecule has 8 nitrogen and oxygen atoms in total. The van der Waals surface area contributed by atoms with Gasteiger partial charge in [-0.3, -0.25) is 9.78 Å². The molecule has 3 aromatic rings. The maximum Gasteiger partial charge on any atom is 0.229 e. The van der Waals surface area contributed by atoms with E-state index in [-0.39, 0.29) is 17.7 Å². The van der Waals surface area contributed by atoms with Crippen molar-refractivity contribution in [3.8, 4) is 5.82 Å². The van der Waals surface area contributed by atoms with Gasteiger partial charge in [0.2, 0.25) is 5.91 Å². The van der Waals surface area contributed by atoms with E-state index >= 15 is 0 Å². The Hall–Kier alpha value is -3.29. The fourth-order valence-electron chi connectivity index (χ4n) is 3.05. The molecule has 1 saturated carbocycles. The standard InChI is InChI=1S/C18H19N7O/c1-11-7-17(25(24-11)16-9-15(19-2)21-10-22-16)23-18(26)14-8-13(14)12-3-5-20-6-4-12/h3-7,9-10,13-14H,8H2,1-2H3,(H,23,26)(H,19,21,22)/t13-,14+/m0/s1. The van der Waals surface area contributed by atoms with Gasteiger partial charge < -0.3 is 10.6 Å². The molecule has 0 aliphatic heterocycles. The van der Waals surface area contributed by atoms with Crippen LogP contribution in [0.15, 0.2) is 43.0 Å². The summed E-state index contributed by atoms with van der Waals surface area (Å²) in [6.07, 6.45) is 5.83. The van der Waals surface area contributed by atoms with Crippen LogP contribution >= 0.6 is 0 Å². The van der Waals surface area contributed by atoms with Crippen LogP contribution in [0.2, 0.25) is 0 Å². The van der Waals surface area contributed by atoms with Gasteiger partial charge >= 0.3 is 0 Å². The lowest BCUT2D eigenvalue weighted by atomic mass is 10.1. The van der Waals surface area contributed by atoms with Crippen molar-refractivity contribution in [2.45, 2.75) is 19.3 Å². The largest absolute Gasteiger partial charge is 0.373 e. The van der Waals surface area contributed by atoms with Gasteiger partial charge in [0.05, 0.1) is 5.69 Å². The van der Waals surface area contributed by atoms with Crippen molar-refractivity contribution in [2.75, 3.05) is 17.7 Å². The smallest absolute Gasteiger partial charge is 0.229 e. The minimum Gasteiger partial charge on any atom is -0.373 e. The van der Waals surface area contributed by atoms with Crippen molar-refractivity contribution in [3.63, 3.8) is 0 Å². The molecule has 1 amide bonds. The summed E-state index contributed by atoms with van der Waals surface area (Å²) in [4.78, 5) is 25.0. The molecule has 0 aromatic carbocycles. The second-order valence-electron chi connectivity index (χ2n) is 6.31. The maximum atomic E-state index is 12.7. The van der Waals surface area contributed by atoms with Crippen LogP contribution in [0.1, 0.15) is 23.6 Å². The number of hydrogen-bond acceptors (Lipinski definition) is 6. The second kappa shape index (κ2) is 6.55. The molecule has 0 bridgehead atoms. The van der Waals surface area contributed by atoms with E-state index in [0.29, 0.717) is 17.5 Å². The molecule has 2 N–H and O–H groups in total. The predicted molar refractivity (Wildman–Crippen MR) is 97.2 cm³/mol. The number of aryl methyl sites for hydroxylation is 1. The van der Waals surface area contributed by atoms with Crippen molar-refractivity contribution in [3.05, 3.63) is 54.2 Å². The Kier molecular flexibility index (Phi) is 4.08. The van der Waals surface area contributed by atoms with E-state index in [4.69, 9.17) is 0 Å². The summed E-state index contributed by atoms with van der Waals surface area (Å²) in [5.74, 6) is 2.10. The van der Waals surface area contributed by atoms with Crippen LogP contribution in [-0.2, 0) is 4.79 Å². The Morgan fingerprint density at radius 2 is 2.04 bits per heavy atom. The highest BCUT2D eigenvalue weighted by Crippen LogP contribution is 2.47. The number of anilines is 2. The monoisotopic (exact) mass is 349 g/mol. The van der Waals surface area contributed by atoms with Crippen LogP contribution in [0, 0.1) is 12.8 Å². The van der Waals surface area contributed by atoms with Gasteiger partial charge in [-0.2, -0.15) is 9.78 Å². The summed E-state index contributed by atoms with van der Waals surface area (Å²) in [5.41, 5.74) is 1.95. The van der Waals surface area contributed by atoms with E-state index in [1.165, 1.54) is 6.33 Å². The molecule has 8 heteroatoms. The third-order valence-electron chi connectivity index (χ3n) is 4.47. The molecule has 0 spiro atoms. The molecule has 0 unspecified atom stereocenters. The van der Waals surface area contributed by atoms with Crippen molar-refractivity contribution < 1.29 is 4.79 Å². The Morgan fingerprint density at radius 3 is 2.81 bits per heavy atom. The number of nitrogens with one attached hydrogen (secondary N) is 2. The molecule has 3 heterocycles. The van der Waals surface area contributed by atoms with Crippen molar-refractivity contribution in [1.82, 2.24) is 24.7 Å². The number of rotatable bonds is 5. The first-order valence-corrected chi connectivity index (χ1v) is 8.43. The van der Waals surface area contributed by atoms with E-state index in [1.54, 1.807) is 30.2 Å². The highest BCUT2D eigenvalue weighted by Gasteiger charge is 2.44. The quantitative estimate of drug-likeness (QED) is 0.732. The van der Waals surface area contributed by atoms with Gasteiger partial charge in [-0.1, -0.05) is 0 Å². The highest BCUT2D eigenvalue weighted by molar-refractivity contribution is 5.94. The van der Waals surface area contributed by atoms with E-state index in [2.05, 4.69) is 30.7 Å². The van der Waals surface area contributed by atoms with E-state index in [1.807, 2.05) is 25.1 Å². The van der Waals surface area contributed by atoms with Crippen LogP contribution in [0.4, 0.5) is 11.6 Å². The number of carbonyl (C=O) groups is 1. The number of amides is 1. The molecule has 132 valence electrons. The molecule has 4 rings (SSSR count). The van der Waals surface area contributed by atoms with E-state index in [9.17, 15) is 4.79 Å². The number of pyridine rings is 1. The molecule has 1 aliphatic carbocycles. The molecule has 0 saturated heterocycles. The zero-order valence-corrected chi connectivity index (χ0v) is 14.5. The zero-order valence-electron chi connectivity index (χ0n) is 14.5. The average Bonchev–Trinajstić information content (AvgIpc) is 3.40. The molecule has 2 atom stereocenters. The molecule has 26 heavy (non-hydrogen) atoms. The minimum atomic E-state index is -0.0284. The predicted octanol–water partition coefficient (Wildman–Crippen LogP) is 2.15. The summed E-state index contributed by atoms with van der Waals surface area (Å²) in [5, 5.41) is 10.4. The lowest BCUT2D eigenvalue weighted by molar-refractivity contribution is -0.117. The Morgan fingerprint density at radius 1 is 1.23 bits per heavy atom. The van der Waals surface area contributed by atoms with Crippen molar-refractivity contribution in [2.24, 2.45) is 5.92 Å². The van der Waals surface area contributed by atoms with Crippen molar-refractivity contribution in [1.29, 1.82) is 0 Å². The van der Waals surface area contributed by atoms with Gasteiger partial charge in [0.1, 0.15) is 18.0 Å². The zero-order chi connectivity index (χ0) is 18.1. The molecule has 0 radical (unpaired) electrons. The van der Waals surface area contributed by atoms with Gasteiger partial charge in [0, 0.05) is 37.5 Å². The highest BCUT2D eigenvalue weighted by atomic mass is 16.2. The second-order valence-corrected chi connectivity index (χ2v) is 6.31. The minimum absolute atomic E-state index is 0.00383. The third kappa shape index (κ3) is 3.13. The molecule has 1 aliphatic rings. The van der Waals surface area contributed by atoms with Crippen LogP contribution in [-0.4, -0.2) is 37.7 Å². The number of nitrogens with zero attached hydrogens (tertiary/aromatic N) is 5. The summed E-state index contributed by atoms with van der Waals surface area (Å²) in [6, 6.07) is 7.54. The third-order valence-corrected chi connectivity index (χ3v) is 4.47. The van der Waals surface area contributed by atoms with Crippen molar-refractivity contribution >= 4 is 17.5 Å². The first-order valence-electron chi connectivity index (χ1n) is 8.43. The van der Waals surface area contributed by atoms with E-state index in [0.717, 1.165) is 17.7 Å². The molecular weight excluding hydrogens is 330 g/mol. The van der Waals surface area contributed by atoms with Gasteiger partial charge in [0.15, 0.2) is 5.82 Å². The van der Waals surface area contributed by atoms with Crippen LogP contribution < -0.4 is 10.6 Å². The van der Waals surface area contributed by atoms with Gasteiger partial charge in [-0.05, 0) is 37.0 Å². The topological polar surface area (TPSA) is 97.6 Å². The average molecular weight is 349 g/mol. The number of carbonyl (C=O) groups excluding carboxylic acids is 1. The Bertz CT molecular complexity index is 938. The fraction of sp³-hybridized carbons (Fsp3) is 0.278. The van der Waals surface area contributed by atoms with Gasteiger partial charge in [0.25, 0.3) is 0 Å². The summed E-state index contributed by atoms with van der Waals surface area (Å²) in [6.45, 7) is 1.88. The Balaban J connectivity index is 1.53. The number of aromatic nitrogens is 5. The van der Waals surface area contributed by atoms with Crippen LogP contribution in [0.25, 0.3) is 5.82 Å². The molecule has 1 fully saturated rings. The summed E-state index contributed by atoms with van der Waals surface area (Å²) < 4.78 is 1.62. The van der Waals surface area contributed by atoms with Crippen LogP contribution in [0.3, 0.4) is 0 Å². The molecule has 3 aromatic heterocycles. The lowest BCUT2D eigenvalue weighted by Gasteiger charge is -2.09. The van der Waals surface area contributed by atoms with Gasteiger partial charge in [-0.15, -0.1) is 0 Å². The Labute approximate surface area is 150 Å². The van der Waals surface area contributed by atoms with Gasteiger partial charge in [-0.25, -0.2) is 9.97 Å². The maximum absolute atomic E-state index is 12.7. The lowest BCUT2D eigenvalue weighted by Crippen LogP contribution is -2.17. The normalized spacial score (nSPS) is 18.4. The number of hydrogen-bond donors (Lipinski definition) is 2. The van der Waals surface area contributed by atoms with Crippen LogP contribution in [0.5, 0.6) is 0 Å². The summed E-state index contributed by atoms with van der Waals surface area (Å²) in [7, 11) is 1.79. The SMILES string of the molecule is CNc1cc(-n2nc(C)cc2NC(=O)[C@@H]2C[C@H]2c2ccncc2)ncn1.